The van der Waals surface area contributed by atoms with E-state index in [-0.39, 0.29) is 6.09 Å². The summed E-state index contributed by atoms with van der Waals surface area (Å²) < 4.78 is 10.6. The van der Waals surface area contributed by atoms with Gasteiger partial charge in [-0.05, 0) is 32.9 Å². The van der Waals surface area contributed by atoms with Crippen LogP contribution in [0.2, 0.25) is 0 Å². The molecule has 2 aromatic heterocycles. The Labute approximate surface area is 134 Å². The van der Waals surface area contributed by atoms with Gasteiger partial charge in [0, 0.05) is 31.6 Å². The molecule has 0 saturated carbocycles. The lowest BCUT2D eigenvalue weighted by molar-refractivity contribution is -0.00186. The molecule has 0 radical (unpaired) electrons. The number of amides is 1. The quantitative estimate of drug-likeness (QED) is 0.865. The van der Waals surface area contributed by atoms with Crippen LogP contribution >= 0.6 is 0 Å². The molecule has 0 unspecified atom stereocenters. The van der Waals surface area contributed by atoms with Gasteiger partial charge in [-0.3, -0.25) is 4.98 Å². The summed E-state index contributed by atoms with van der Waals surface area (Å²) in [5.74, 6) is 1.38. The van der Waals surface area contributed by atoms with Crippen LogP contribution in [0.15, 0.2) is 28.9 Å². The van der Waals surface area contributed by atoms with E-state index in [9.17, 15) is 4.79 Å². The van der Waals surface area contributed by atoms with Gasteiger partial charge in [0.25, 0.3) is 0 Å². The number of likely N-dealkylation sites (tertiary alicyclic amines) is 1. The molecule has 1 saturated heterocycles. The first-order chi connectivity index (χ1) is 10.9. The number of rotatable bonds is 3. The summed E-state index contributed by atoms with van der Waals surface area (Å²) in [6.45, 7) is 6.88. The Hall–Kier alpha value is -2.44. The molecule has 0 spiro atoms. The number of pyridine rings is 1. The number of carbonyl (C=O) groups is 1. The molecular weight excluding hydrogens is 296 g/mol. The molecule has 23 heavy (non-hydrogen) atoms. The zero-order valence-corrected chi connectivity index (χ0v) is 13.5. The van der Waals surface area contributed by atoms with E-state index in [2.05, 4.69) is 15.1 Å². The highest BCUT2D eigenvalue weighted by Crippen LogP contribution is 2.23. The number of carbonyl (C=O) groups excluding carboxylic acids is 1. The monoisotopic (exact) mass is 316 g/mol. The maximum Gasteiger partial charge on any atom is 0.410 e. The van der Waals surface area contributed by atoms with E-state index < -0.39 is 5.60 Å². The van der Waals surface area contributed by atoms with Gasteiger partial charge in [0.15, 0.2) is 0 Å². The van der Waals surface area contributed by atoms with Crippen LogP contribution in [0.5, 0.6) is 0 Å². The zero-order chi connectivity index (χ0) is 16.4. The number of ether oxygens (including phenoxy) is 1. The molecule has 7 nitrogen and oxygen atoms in total. The SMILES string of the molecule is CC(C)(C)OC(=O)N1CC(Cc2nc(-c3ccccn3)no2)C1. The van der Waals surface area contributed by atoms with Gasteiger partial charge in [-0.15, -0.1) is 0 Å². The van der Waals surface area contributed by atoms with Crippen molar-refractivity contribution in [1.82, 2.24) is 20.0 Å². The molecular formula is C16H20N4O3. The molecule has 122 valence electrons. The van der Waals surface area contributed by atoms with E-state index in [4.69, 9.17) is 9.26 Å². The first-order valence-electron chi connectivity index (χ1n) is 7.62. The largest absolute Gasteiger partial charge is 0.444 e. The van der Waals surface area contributed by atoms with Crippen molar-refractivity contribution in [3.63, 3.8) is 0 Å². The molecule has 3 rings (SSSR count). The van der Waals surface area contributed by atoms with E-state index >= 15 is 0 Å². The third-order valence-corrected chi connectivity index (χ3v) is 3.43. The predicted molar refractivity (Wildman–Crippen MR) is 82.5 cm³/mol. The Kier molecular flexibility index (Phi) is 4.02. The fraction of sp³-hybridized carbons (Fsp3) is 0.500. The van der Waals surface area contributed by atoms with Gasteiger partial charge in [-0.25, -0.2) is 4.79 Å². The van der Waals surface area contributed by atoms with Crippen molar-refractivity contribution in [1.29, 1.82) is 0 Å². The molecule has 0 N–H and O–H groups in total. The van der Waals surface area contributed by atoms with Crippen LogP contribution in [0.1, 0.15) is 26.7 Å². The Balaban J connectivity index is 1.51. The van der Waals surface area contributed by atoms with Crippen molar-refractivity contribution < 1.29 is 14.1 Å². The zero-order valence-electron chi connectivity index (χ0n) is 13.5. The average molecular weight is 316 g/mol. The van der Waals surface area contributed by atoms with Crippen molar-refractivity contribution in [3.8, 4) is 11.5 Å². The van der Waals surface area contributed by atoms with E-state index in [1.54, 1.807) is 11.1 Å². The highest BCUT2D eigenvalue weighted by molar-refractivity contribution is 5.69. The first-order valence-corrected chi connectivity index (χ1v) is 7.62. The summed E-state index contributed by atoms with van der Waals surface area (Å²) in [6, 6.07) is 5.55. The van der Waals surface area contributed by atoms with Gasteiger partial charge in [0.1, 0.15) is 11.3 Å². The molecule has 1 fully saturated rings. The summed E-state index contributed by atoms with van der Waals surface area (Å²) in [5, 5.41) is 3.95. The second kappa shape index (κ2) is 5.98. The summed E-state index contributed by atoms with van der Waals surface area (Å²) in [4.78, 5) is 22.1. The summed E-state index contributed by atoms with van der Waals surface area (Å²) in [7, 11) is 0. The minimum absolute atomic E-state index is 0.270. The van der Waals surface area contributed by atoms with E-state index in [0.29, 0.717) is 42.8 Å². The van der Waals surface area contributed by atoms with Crippen LogP contribution in [0.25, 0.3) is 11.5 Å². The lowest BCUT2D eigenvalue weighted by Crippen LogP contribution is -2.52. The molecule has 0 atom stereocenters. The maximum absolute atomic E-state index is 11.9. The van der Waals surface area contributed by atoms with Crippen LogP contribution in [0.4, 0.5) is 4.79 Å². The lowest BCUT2D eigenvalue weighted by Gasteiger charge is -2.39. The third kappa shape index (κ3) is 3.85. The normalized spacial score (nSPS) is 15.3. The molecule has 0 aromatic carbocycles. The van der Waals surface area contributed by atoms with Gasteiger partial charge < -0.3 is 14.2 Å². The van der Waals surface area contributed by atoms with E-state index in [1.807, 2.05) is 39.0 Å². The number of nitrogens with zero attached hydrogens (tertiary/aromatic N) is 4. The number of hydrogen-bond acceptors (Lipinski definition) is 6. The minimum Gasteiger partial charge on any atom is -0.444 e. The second-order valence-electron chi connectivity index (χ2n) is 6.68. The first kappa shape index (κ1) is 15.5. The fourth-order valence-corrected chi connectivity index (χ4v) is 2.36. The standard InChI is InChI=1S/C16H20N4O3/c1-16(2,3)22-15(21)20-9-11(10-20)8-13-18-14(19-23-13)12-6-4-5-7-17-12/h4-7,11H,8-10H2,1-3H3. The highest BCUT2D eigenvalue weighted by atomic mass is 16.6. The molecule has 2 aromatic rings. The Morgan fingerprint density at radius 3 is 2.83 bits per heavy atom. The van der Waals surface area contributed by atoms with Gasteiger partial charge in [-0.1, -0.05) is 11.2 Å². The molecule has 0 aliphatic carbocycles. The summed E-state index contributed by atoms with van der Waals surface area (Å²) >= 11 is 0. The smallest absolute Gasteiger partial charge is 0.410 e. The highest BCUT2D eigenvalue weighted by Gasteiger charge is 2.34. The van der Waals surface area contributed by atoms with Crippen LogP contribution < -0.4 is 0 Å². The lowest BCUT2D eigenvalue weighted by atomic mass is 9.97. The van der Waals surface area contributed by atoms with Crippen LogP contribution in [-0.2, 0) is 11.2 Å². The second-order valence-corrected chi connectivity index (χ2v) is 6.68. The van der Waals surface area contributed by atoms with Gasteiger partial charge in [0.05, 0.1) is 0 Å². The molecule has 1 amide bonds. The van der Waals surface area contributed by atoms with Crippen molar-refractivity contribution >= 4 is 6.09 Å². The summed E-state index contributed by atoms with van der Waals surface area (Å²) in [6.07, 6.45) is 2.07. The molecule has 3 heterocycles. The van der Waals surface area contributed by atoms with Crippen molar-refractivity contribution in [2.45, 2.75) is 32.8 Å². The molecule has 1 aliphatic rings. The van der Waals surface area contributed by atoms with Crippen LogP contribution in [0.3, 0.4) is 0 Å². The Morgan fingerprint density at radius 1 is 1.39 bits per heavy atom. The summed E-state index contributed by atoms with van der Waals surface area (Å²) in [5.41, 5.74) is 0.221. The van der Waals surface area contributed by atoms with Gasteiger partial charge in [-0.2, -0.15) is 4.98 Å². The fourth-order valence-electron chi connectivity index (χ4n) is 2.36. The van der Waals surface area contributed by atoms with Gasteiger partial charge >= 0.3 is 6.09 Å². The van der Waals surface area contributed by atoms with Crippen molar-refractivity contribution in [2.24, 2.45) is 5.92 Å². The van der Waals surface area contributed by atoms with Crippen LogP contribution in [0, 0.1) is 5.92 Å². The number of aromatic nitrogens is 3. The predicted octanol–water partition coefficient (Wildman–Crippen LogP) is 2.54. The molecule has 7 heteroatoms. The van der Waals surface area contributed by atoms with E-state index in [1.165, 1.54) is 0 Å². The van der Waals surface area contributed by atoms with Gasteiger partial charge in [0.2, 0.25) is 11.7 Å². The van der Waals surface area contributed by atoms with Crippen molar-refractivity contribution in [3.05, 3.63) is 30.3 Å². The van der Waals surface area contributed by atoms with Crippen LogP contribution in [-0.4, -0.2) is 44.8 Å². The minimum atomic E-state index is -0.466. The Bertz CT molecular complexity index is 672. The average Bonchev–Trinajstić information content (AvgIpc) is 2.90. The molecule has 0 bridgehead atoms. The van der Waals surface area contributed by atoms with Crippen molar-refractivity contribution in [2.75, 3.05) is 13.1 Å². The third-order valence-electron chi connectivity index (χ3n) is 3.43. The van der Waals surface area contributed by atoms with E-state index in [0.717, 1.165) is 0 Å². The molecule has 1 aliphatic heterocycles. The topological polar surface area (TPSA) is 81.4 Å². The number of hydrogen-bond donors (Lipinski definition) is 0. The maximum atomic E-state index is 11.9. The Morgan fingerprint density at radius 2 is 2.17 bits per heavy atom.